The molecule has 4 rings (SSSR count). The maximum atomic E-state index is 12.4. The predicted octanol–water partition coefficient (Wildman–Crippen LogP) is 3.60. The average molecular weight is 361 g/mol. The summed E-state index contributed by atoms with van der Waals surface area (Å²) in [7, 11) is 0. The highest BCUT2D eigenvalue weighted by Gasteiger charge is 2.24. The van der Waals surface area contributed by atoms with Gasteiger partial charge in [-0.3, -0.25) is 14.8 Å². The summed E-state index contributed by atoms with van der Waals surface area (Å²) in [5.41, 5.74) is 3.80. The van der Waals surface area contributed by atoms with Crippen molar-refractivity contribution in [3.63, 3.8) is 0 Å². The molecule has 1 N–H and O–H groups in total. The minimum atomic E-state index is -0.0381. The molecule has 3 heterocycles. The summed E-state index contributed by atoms with van der Waals surface area (Å²) in [6.45, 7) is 2.00. The van der Waals surface area contributed by atoms with Crippen molar-refractivity contribution >= 4 is 5.69 Å². The van der Waals surface area contributed by atoms with Crippen molar-refractivity contribution in [2.24, 2.45) is 0 Å². The first kappa shape index (κ1) is 17.4. The number of pyridine rings is 2. The van der Waals surface area contributed by atoms with Crippen LogP contribution in [-0.2, 0) is 0 Å². The van der Waals surface area contributed by atoms with Gasteiger partial charge in [-0.05, 0) is 62.9 Å². The van der Waals surface area contributed by atoms with Crippen LogP contribution in [0.4, 0.5) is 5.69 Å². The fourth-order valence-corrected chi connectivity index (χ4v) is 3.69. The second-order valence-electron chi connectivity index (χ2n) is 7.08. The third-order valence-corrected chi connectivity index (χ3v) is 5.09. The summed E-state index contributed by atoms with van der Waals surface area (Å²) in [6.07, 6.45) is 9.23. The van der Waals surface area contributed by atoms with Crippen LogP contribution >= 0.6 is 0 Å². The number of nitrogens with zero attached hydrogens (tertiary/aromatic N) is 4. The van der Waals surface area contributed by atoms with Crippen molar-refractivity contribution in [1.29, 1.82) is 0 Å². The molecule has 0 aromatic carbocycles. The van der Waals surface area contributed by atoms with Crippen LogP contribution in [0.5, 0.6) is 0 Å². The molecule has 0 bridgehead atoms. The quantitative estimate of drug-likeness (QED) is 0.769. The van der Waals surface area contributed by atoms with Crippen LogP contribution < -0.4 is 10.9 Å². The van der Waals surface area contributed by atoms with Gasteiger partial charge in [-0.25, -0.2) is 4.68 Å². The molecule has 1 aliphatic carbocycles. The van der Waals surface area contributed by atoms with Gasteiger partial charge in [0.15, 0.2) is 0 Å². The largest absolute Gasteiger partial charge is 0.382 e. The normalized spacial score (nSPS) is 19.6. The van der Waals surface area contributed by atoms with E-state index in [0.29, 0.717) is 6.04 Å². The van der Waals surface area contributed by atoms with Crippen molar-refractivity contribution in [2.45, 2.75) is 44.7 Å². The molecule has 3 aromatic rings. The van der Waals surface area contributed by atoms with E-state index in [1.807, 2.05) is 31.3 Å². The van der Waals surface area contributed by atoms with E-state index in [4.69, 9.17) is 0 Å². The van der Waals surface area contributed by atoms with Gasteiger partial charge in [0.1, 0.15) is 0 Å². The minimum Gasteiger partial charge on any atom is -0.382 e. The Labute approximate surface area is 158 Å². The summed E-state index contributed by atoms with van der Waals surface area (Å²) in [6, 6.07) is 11.9. The summed E-state index contributed by atoms with van der Waals surface area (Å²) < 4.78 is 1.66. The Morgan fingerprint density at radius 1 is 1.07 bits per heavy atom. The summed E-state index contributed by atoms with van der Waals surface area (Å²) in [5, 5.41) is 8.21. The van der Waals surface area contributed by atoms with E-state index in [2.05, 4.69) is 26.4 Å². The molecule has 6 heteroatoms. The number of rotatable bonds is 4. The average Bonchev–Trinajstić information content (AvgIpc) is 2.70. The van der Waals surface area contributed by atoms with Gasteiger partial charge in [0.25, 0.3) is 5.56 Å². The lowest BCUT2D eigenvalue weighted by Crippen LogP contribution is -2.33. The second-order valence-corrected chi connectivity index (χ2v) is 7.08. The van der Waals surface area contributed by atoms with Gasteiger partial charge in [-0.2, -0.15) is 5.10 Å². The minimum absolute atomic E-state index is 0.0381. The molecule has 0 aliphatic heterocycles. The van der Waals surface area contributed by atoms with Crippen LogP contribution in [0.1, 0.15) is 37.4 Å². The van der Waals surface area contributed by atoms with Gasteiger partial charge >= 0.3 is 0 Å². The van der Waals surface area contributed by atoms with Crippen molar-refractivity contribution < 1.29 is 0 Å². The van der Waals surface area contributed by atoms with Gasteiger partial charge in [-0.15, -0.1) is 0 Å². The van der Waals surface area contributed by atoms with E-state index in [9.17, 15) is 4.79 Å². The number of aryl methyl sites for hydroxylation is 1. The van der Waals surface area contributed by atoms with Gasteiger partial charge in [0.05, 0.1) is 11.7 Å². The lowest BCUT2D eigenvalue weighted by molar-refractivity contribution is 0.304. The molecule has 0 atom stereocenters. The summed E-state index contributed by atoms with van der Waals surface area (Å²) >= 11 is 0. The monoisotopic (exact) mass is 361 g/mol. The molecule has 27 heavy (non-hydrogen) atoms. The standard InChI is InChI=1S/C21H23N5O/c1-15-13-18(10-12-23-15)24-17-4-6-19(7-5-17)26-21(27)9-8-20(25-26)16-3-2-11-22-14-16/h2-3,8-14,17,19H,4-7H2,1H3,(H,23,24). The zero-order valence-corrected chi connectivity index (χ0v) is 15.4. The third-order valence-electron chi connectivity index (χ3n) is 5.09. The van der Waals surface area contributed by atoms with E-state index in [1.54, 1.807) is 29.2 Å². The van der Waals surface area contributed by atoms with Crippen LogP contribution in [0.25, 0.3) is 11.3 Å². The van der Waals surface area contributed by atoms with Crippen molar-refractivity contribution in [2.75, 3.05) is 5.32 Å². The van der Waals surface area contributed by atoms with Crippen molar-refractivity contribution in [3.05, 3.63) is 71.0 Å². The SMILES string of the molecule is Cc1cc(NC2CCC(n3nc(-c4cccnc4)ccc3=O)CC2)ccn1. The first-order valence-electron chi connectivity index (χ1n) is 9.38. The molecule has 0 saturated heterocycles. The second kappa shape index (κ2) is 7.70. The van der Waals surface area contributed by atoms with Crippen molar-refractivity contribution in [3.8, 4) is 11.3 Å². The highest BCUT2D eigenvalue weighted by molar-refractivity contribution is 5.56. The maximum Gasteiger partial charge on any atom is 0.267 e. The Bertz CT molecular complexity index is 962. The molecule has 0 amide bonds. The molecule has 0 radical (unpaired) electrons. The zero-order valence-electron chi connectivity index (χ0n) is 15.4. The number of hydrogen-bond acceptors (Lipinski definition) is 5. The first-order valence-corrected chi connectivity index (χ1v) is 9.38. The predicted molar refractivity (Wildman–Crippen MR) is 106 cm³/mol. The Balaban J connectivity index is 1.46. The molecule has 0 spiro atoms. The van der Waals surface area contributed by atoms with E-state index in [1.165, 1.54) is 0 Å². The van der Waals surface area contributed by atoms with Crippen LogP contribution in [-0.4, -0.2) is 25.8 Å². The third kappa shape index (κ3) is 4.05. The fourth-order valence-electron chi connectivity index (χ4n) is 3.69. The molecule has 1 saturated carbocycles. The number of aromatic nitrogens is 4. The molecular formula is C21H23N5O. The molecule has 6 nitrogen and oxygen atoms in total. The van der Waals surface area contributed by atoms with Gasteiger partial charge < -0.3 is 5.32 Å². The van der Waals surface area contributed by atoms with Gasteiger partial charge in [-0.1, -0.05) is 0 Å². The highest BCUT2D eigenvalue weighted by atomic mass is 16.1. The molecule has 0 unspecified atom stereocenters. The molecule has 3 aromatic heterocycles. The van der Waals surface area contributed by atoms with E-state index in [0.717, 1.165) is 48.3 Å². The Hall–Kier alpha value is -3.02. The number of hydrogen-bond donors (Lipinski definition) is 1. The van der Waals surface area contributed by atoms with Gasteiger partial charge in [0, 0.05) is 47.6 Å². The lowest BCUT2D eigenvalue weighted by atomic mass is 9.91. The molecule has 1 fully saturated rings. The number of anilines is 1. The smallest absolute Gasteiger partial charge is 0.267 e. The van der Waals surface area contributed by atoms with Crippen LogP contribution in [0.3, 0.4) is 0 Å². The maximum absolute atomic E-state index is 12.4. The van der Waals surface area contributed by atoms with Gasteiger partial charge in [0.2, 0.25) is 0 Å². The molecule has 138 valence electrons. The Morgan fingerprint density at radius 2 is 1.93 bits per heavy atom. The van der Waals surface area contributed by atoms with Crippen molar-refractivity contribution in [1.82, 2.24) is 19.7 Å². The van der Waals surface area contributed by atoms with E-state index >= 15 is 0 Å². The van der Waals surface area contributed by atoms with Crippen LogP contribution in [0.15, 0.2) is 59.8 Å². The summed E-state index contributed by atoms with van der Waals surface area (Å²) in [5.74, 6) is 0. The molecule has 1 aliphatic rings. The Morgan fingerprint density at radius 3 is 2.67 bits per heavy atom. The van der Waals surface area contributed by atoms with Crippen LogP contribution in [0, 0.1) is 6.92 Å². The Kier molecular flexibility index (Phi) is 4.96. The lowest BCUT2D eigenvalue weighted by Gasteiger charge is -2.30. The highest BCUT2D eigenvalue weighted by Crippen LogP contribution is 2.29. The topological polar surface area (TPSA) is 72.7 Å². The van der Waals surface area contributed by atoms with E-state index in [-0.39, 0.29) is 11.6 Å². The molecular weight excluding hydrogens is 338 g/mol. The zero-order chi connectivity index (χ0) is 18.6. The first-order chi connectivity index (χ1) is 13.2. The van der Waals surface area contributed by atoms with E-state index < -0.39 is 0 Å². The number of nitrogens with one attached hydrogen (secondary N) is 1. The van der Waals surface area contributed by atoms with Crippen LogP contribution in [0.2, 0.25) is 0 Å². The fraction of sp³-hybridized carbons (Fsp3) is 0.333. The summed E-state index contributed by atoms with van der Waals surface area (Å²) in [4.78, 5) is 20.8.